The lowest BCUT2D eigenvalue weighted by molar-refractivity contribution is 0.379. The monoisotopic (exact) mass is 229 g/mol. The lowest BCUT2D eigenvalue weighted by atomic mass is 10.4. The first kappa shape index (κ1) is 9.83. The van der Waals surface area contributed by atoms with E-state index in [1.54, 1.807) is 13.1 Å². The third kappa shape index (κ3) is 1.84. The summed E-state index contributed by atoms with van der Waals surface area (Å²) in [5, 5.41) is 6.97. The molecule has 0 aliphatic rings. The van der Waals surface area contributed by atoms with E-state index in [1.165, 1.54) is 0 Å². The number of anilines is 1. The lowest BCUT2D eigenvalue weighted by Gasteiger charge is -2.05. The normalized spacial score (nSPS) is 10.9. The Morgan fingerprint density at radius 1 is 1.41 bits per heavy atom. The Labute approximate surface area is 97.3 Å². The number of fused-ring (bicyclic) bond motifs is 1. The van der Waals surface area contributed by atoms with E-state index in [9.17, 15) is 0 Å². The molecule has 17 heavy (non-hydrogen) atoms. The number of aromatic nitrogens is 4. The largest absolute Gasteiger partial charge is 0.362 e. The molecule has 0 bridgehead atoms. The van der Waals surface area contributed by atoms with Crippen molar-refractivity contribution >= 4 is 11.5 Å². The van der Waals surface area contributed by atoms with Crippen LogP contribution >= 0.6 is 0 Å². The van der Waals surface area contributed by atoms with E-state index < -0.39 is 0 Å². The SMILES string of the molecule is Cc1noc(CNc2cccc3nccn23)n1. The molecule has 3 aromatic rings. The molecule has 6 nitrogen and oxygen atoms in total. The summed E-state index contributed by atoms with van der Waals surface area (Å²) in [5.74, 6) is 2.15. The highest BCUT2D eigenvalue weighted by Crippen LogP contribution is 2.11. The van der Waals surface area contributed by atoms with Crippen molar-refractivity contribution in [1.29, 1.82) is 0 Å². The Bertz CT molecular complexity index is 642. The fourth-order valence-corrected chi connectivity index (χ4v) is 1.67. The summed E-state index contributed by atoms with van der Waals surface area (Å²) >= 11 is 0. The first-order valence-electron chi connectivity index (χ1n) is 5.28. The van der Waals surface area contributed by atoms with Crippen LogP contribution in [0.3, 0.4) is 0 Å². The van der Waals surface area contributed by atoms with Crippen molar-refractivity contribution in [2.24, 2.45) is 0 Å². The molecule has 3 heterocycles. The maximum atomic E-state index is 5.03. The topological polar surface area (TPSA) is 68.2 Å². The van der Waals surface area contributed by atoms with E-state index in [0.29, 0.717) is 18.3 Å². The highest BCUT2D eigenvalue weighted by Gasteiger charge is 2.04. The molecule has 3 aromatic heterocycles. The van der Waals surface area contributed by atoms with Crippen LogP contribution in [0.2, 0.25) is 0 Å². The minimum atomic E-state index is 0.498. The molecule has 86 valence electrons. The van der Waals surface area contributed by atoms with Gasteiger partial charge in [0.25, 0.3) is 0 Å². The van der Waals surface area contributed by atoms with E-state index in [2.05, 4.69) is 20.4 Å². The van der Waals surface area contributed by atoms with Gasteiger partial charge in [0.1, 0.15) is 11.5 Å². The molecule has 0 unspecified atom stereocenters. The highest BCUT2D eigenvalue weighted by molar-refractivity contribution is 5.49. The van der Waals surface area contributed by atoms with Gasteiger partial charge in [-0.1, -0.05) is 11.2 Å². The van der Waals surface area contributed by atoms with E-state index in [-0.39, 0.29) is 0 Å². The van der Waals surface area contributed by atoms with E-state index in [1.807, 2.05) is 28.8 Å². The third-order valence-electron chi connectivity index (χ3n) is 2.42. The Hall–Kier alpha value is -2.37. The van der Waals surface area contributed by atoms with Gasteiger partial charge in [-0.2, -0.15) is 4.98 Å². The van der Waals surface area contributed by atoms with Gasteiger partial charge in [0, 0.05) is 12.4 Å². The molecule has 0 spiro atoms. The van der Waals surface area contributed by atoms with Crippen molar-refractivity contribution in [3.05, 3.63) is 42.3 Å². The maximum Gasteiger partial charge on any atom is 0.245 e. The molecule has 1 N–H and O–H groups in total. The van der Waals surface area contributed by atoms with E-state index >= 15 is 0 Å². The van der Waals surface area contributed by atoms with Crippen LogP contribution in [0.25, 0.3) is 5.65 Å². The van der Waals surface area contributed by atoms with Gasteiger partial charge in [0.15, 0.2) is 5.82 Å². The molecule has 0 atom stereocenters. The number of imidazole rings is 1. The highest BCUT2D eigenvalue weighted by atomic mass is 16.5. The van der Waals surface area contributed by atoms with Crippen molar-refractivity contribution < 1.29 is 4.52 Å². The molecule has 0 aromatic carbocycles. The average Bonchev–Trinajstić information content (AvgIpc) is 2.94. The van der Waals surface area contributed by atoms with Crippen molar-refractivity contribution in [2.45, 2.75) is 13.5 Å². The molecule has 0 aliphatic heterocycles. The molecule has 0 radical (unpaired) electrons. The van der Waals surface area contributed by atoms with Gasteiger partial charge in [0.05, 0.1) is 6.54 Å². The van der Waals surface area contributed by atoms with Gasteiger partial charge in [-0.3, -0.25) is 4.40 Å². The second-order valence-corrected chi connectivity index (χ2v) is 3.66. The quantitative estimate of drug-likeness (QED) is 0.739. The number of nitrogens with one attached hydrogen (secondary N) is 1. The molecule has 0 aliphatic carbocycles. The van der Waals surface area contributed by atoms with Gasteiger partial charge < -0.3 is 9.84 Å². The van der Waals surface area contributed by atoms with Crippen molar-refractivity contribution in [3.8, 4) is 0 Å². The van der Waals surface area contributed by atoms with Crippen molar-refractivity contribution in [1.82, 2.24) is 19.5 Å². The summed E-state index contributed by atoms with van der Waals surface area (Å²) in [5.41, 5.74) is 0.900. The van der Waals surface area contributed by atoms with Crippen LogP contribution in [-0.4, -0.2) is 19.5 Å². The van der Waals surface area contributed by atoms with Crippen LogP contribution in [-0.2, 0) is 6.54 Å². The molecule has 0 amide bonds. The zero-order valence-corrected chi connectivity index (χ0v) is 9.29. The number of nitrogens with zero attached hydrogens (tertiary/aromatic N) is 4. The second-order valence-electron chi connectivity index (χ2n) is 3.66. The minimum absolute atomic E-state index is 0.498. The number of rotatable bonds is 3. The zero-order valence-electron chi connectivity index (χ0n) is 9.29. The maximum absolute atomic E-state index is 5.03. The first-order chi connectivity index (χ1) is 8.33. The van der Waals surface area contributed by atoms with Crippen LogP contribution in [0.15, 0.2) is 35.1 Å². The molecular formula is C11H11N5O. The minimum Gasteiger partial charge on any atom is -0.362 e. The van der Waals surface area contributed by atoms with Crippen LogP contribution in [0.5, 0.6) is 0 Å². The van der Waals surface area contributed by atoms with Crippen LogP contribution in [0, 0.1) is 6.92 Å². The summed E-state index contributed by atoms with van der Waals surface area (Å²) in [7, 11) is 0. The molecule has 0 saturated heterocycles. The average molecular weight is 229 g/mol. The van der Waals surface area contributed by atoms with Gasteiger partial charge in [0.2, 0.25) is 5.89 Å². The van der Waals surface area contributed by atoms with Crippen LogP contribution < -0.4 is 5.32 Å². The van der Waals surface area contributed by atoms with Gasteiger partial charge in [-0.05, 0) is 19.1 Å². The zero-order chi connectivity index (χ0) is 11.7. The molecule has 3 rings (SSSR count). The van der Waals surface area contributed by atoms with Crippen molar-refractivity contribution in [2.75, 3.05) is 5.32 Å². The Morgan fingerprint density at radius 2 is 2.35 bits per heavy atom. The second kappa shape index (κ2) is 3.89. The summed E-state index contributed by atoms with van der Waals surface area (Å²) in [6, 6.07) is 5.86. The van der Waals surface area contributed by atoms with Gasteiger partial charge >= 0.3 is 0 Å². The molecule has 0 saturated carbocycles. The smallest absolute Gasteiger partial charge is 0.245 e. The van der Waals surface area contributed by atoms with E-state index in [4.69, 9.17) is 4.52 Å². The number of pyridine rings is 1. The Balaban J connectivity index is 1.83. The van der Waals surface area contributed by atoms with Gasteiger partial charge in [-0.15, -0.1) is 0 Å². The summed E-state index contributed by atoms with van der Waals surface area (Å²) in [6.45, 7) is 2.29. The number of hydrogen-bond acceptors (Lipinski definition) is 5. The number of hydrogen-bond donors (Lipinski definition) is 1. The first-order valence-corrected chi connectivity index (χ1v) is 5.28. The molecular weight excluding hydrogens is 218 g/mol. The Morgan fingerprint density at radius 3 is 3.18 bits per heavy atom. The lowest BCUT2D eigenvalue weighted by Crippen LogP contribution is -2.03. The van der Waals surface area contributed by atoms with Gasteiger partial charge in [-0.25, -0.2) is 4.98 Å². The summed E-state index contributed by atoms with van der Waals surface area (Å²) < 4.78 is 6.99. The third-order valence-corrected chi connectivity index (χ3v) is 2.42. The molecule has 6 heteroatoms. The predicted molar refractivity (Wildman–Crippen MR) is 61.6 cm³/mol. The Kier molecular flexibility index (Phi) is 2.25. The fourth-order valence-electron chi connectivity index (χ4n) is 1.67. The predicted octanol–water partition coefficient (Wildman–Crippen LogP) is 1.64. The van der Waals surface area contributed by atoms with Crippen molar-refractivity contribution in [3.63, 3.8) is 0 Å². The van der Waals surface area contributed by atoms with Crippen LogP contribution in [0.1, 0.15) is 11.7 Å². The van der Waals surface area contributed by atoms with E-state index in [0.717, 1.165) is 11.5 Å². The number of aryl methyl sites for hydroxylation is 1. The van der Waals surface area contributed by atoms with Crippen LogP contribution in [0.4, 0.5) is 5.82 Å². The molecule has 0 fully saturated rings. The fraction of sp³-hybridized carbons (Fsp3) is 0.182. The summed E-state index contributed by atoms with van der Waals surface area (Å²) in [4.78, 5) is 8.34. The standard InChI is InChI=1S/C11H11N5O/c1-8-14-11(17-15-8)7-13-10-4-2-3-9-12-5-6-16(9)10/h2-6,13H,7H2,1H3. The summed E-state index contributed by atoms with van der Waals surface area (Å²) in [6.07, 6.45) is 3.66.